The molecule has 0 spiro atoms. The molecule has 0 bridgehead atoms. The van der Waals surface area contributed by atoms with Crippen molar-refractivity contribution in [3.63, 3.8) is 0 Å². The molecule has 1 amide bonds. The summed E-state index contributed by atoms with van der Waals surface area (Å²) in [5.41, 5.74) is 7.77. The predicted molar refractivity (Wildman–Crippen MR) is 77.9 cm³/mol. The number of hydrogen-bond acceptors (Lipinski definition) is 4. The van der Waals surface area contributed by atoms with Crippen LogP contribution in [-0.4, -0.2) is 26.8 Å². The number of amides is 1. The summed E-state index contributed by atoms with van der Waals surface area (Å²) >= 11 is 0. The van der Waals surface area contributed by atoms with Crippen LogP contribution < -0.4 is 5.73 Å². The fourth-order valence-corrected chi connectivity index (χ4v) is 1.87. The van der Waals surface area contributed by atoms with Crippen molar-refractivity contribution in [3.8, 4) is 0 Å². The van der Waals surface area contributed by atoms with Crippen LogP contribution in [-0.2, 0) is 6.54 Å². The Balaban J connectivity index is 2.19. The first kappa shape index (κ1) is 14.0. The largest absolute Gasteiger partial charge is 0.399 e. The van der Waals surface area contributed by atoms with Gasteiger partial charge in [0, 0.05) is 30.7 Å². The quantitative estimate of drug-likeness (QED) is 0.864. The highest BCUT2D eigenvalue weighted by Gasteiger charge is 2.20. The summed E-state index contributed by atoms with van der Waals surface area (Å²) in [4.78, 5) is 22.2. The molecular weight excluding hydrogens is 252 g/mol. The monoisotopic (exact) mass is 270 g/mol. The molecule has 0 aliphatic carbocycles. The van der Waals surface area contributed by atoms with Gasteiger partial charge in [0.05, 0.1) is 6.20 Å². The van der Waals surface area contributed by atoms with E-state index < -0.39 is 0 Å². The molecule has 0 atom stereocenters. The van der Waals surface area contributed by atoms with E-state index in [1.807, 2.05) is 38.1 Å². The number of aromatic nitrogens is 2. The number of benzene rings is 1. The van der Waals surface area contributed by atoms with Crippen LogP contribution in [0.5, 0.6) is 0 Å². The molecule has 5 nitrogen and oxygen atoms in total. The van der Waals surface area contributed by atoms with Crippen molar-refractivity contribution in [2.24, 2.45) is 0 Å². The minimum Gasteiger partial charge on any atom is -0.399 e. The molecule has 0 radical (unpaired) electrons. The zero-order chi connectivity index (χ0) is 14.5. The normalized spacial score (nSPS) is 10.6. The van der Waals surface area contributed by atoms with E-state index in [4.69, 9.17) is 5.73 Å². The van der Waals surface area contributed by atoms with Gasteiger partial charge in [0.2, 0.25) is 0 Å². The van der Waals surface area contributed by atoms with Crippen LogP contribution in [0, 0.1) is 0 Å². The molecule has 2 rings (SSSR count). The van der Waals surface area contributed by atoms with Crippen molar-refractivity contribution in [3.05, 3.63) is 54.1 Å². The van der Waals surface area contributed by atoms with E-state index in [-0.39, 0.29) is 11.9 Å². The van der Waals surface area contributed by atoms with Gasteiger partial charge >= 0.3 is 0 Å². The summed E-state index contributed by atoms with van der Waals surface area (Å²) in [5.74, 6) is -0.120. The fraction of sp³-hybridized carbons (Fsp3) is 0.267. The maximum atomic E-state index is 12.5. The van der Waals surface area contributed by atoms with E-state index >= 15 is 0 Å². The molecule has 1 heterocycles. The first-order chi connectivity index (χ1) is 9.58. The lowest BCUT2D eigenvalue weighted by atomic mass is 10.1. The number of rotatable bonds is 4. The Labute approximate surface area is 118 Å². The SMILES string of the molecule is CC(C)N(Cc1ccc(N)cc1)C(=O)c1cnccn1. The molecule has 0 fully saturated rings. The third kappa shape index (κ3) is 3.32. The van der Waals surface area contributed by atoms with Crippen LogP contribution >= 0.6 is 0 Å². The highest BCUT2D eigenvalue weighted by Crippen LogP contribution is 2.13. The molecular formula is C15H18N4O. The van der Waals surface area contributed by atoms with E-state index in [0.717, 1.165) is 5.56 Å². The van der Waals surface area contributed by atoms with E-state index in [1.54, 1.807) is 11.1 Å². The molecule has 1 aromatic carbocycles. The van der Waals surface area contributed by atoms with Gasteiger partial charge in [-0.1, -0.05) is 12.1 Å². The van der Waals surface area contributed by atoms with Gasteiger partial charge in [-0.15, -0.1) is 0 Å². The Hall–Kier alpha value is -2.43. The summed E-state index contributed by atoms with van der Waals surface area (Å²) in [6.07, 6.45) is 4.56. The Kier molecular flexibility index (Phi) is 4.30. The highest BCUT2D eigenvalue weighted by atomic mass is 16.2. The lowest BCUT2D eigenvalue weighted by Crippen LogP contribution is -2.36. The van der Waals surface area contributed by atoms with Gasteiger partial charge in [-0.3, -0.25) is 9.78 Å². The molecule has 20 heavy (non-hydrogen) atoms. The minimum atomic E-state index is -0.120. The van der Waals surface area contributed by atoms with Gasteiger partial charge in [0.25, 0.3) is 5.91 Å². The zero-order valence-electron chi connectivity index (χ0n) is 11.7. The number of anilines is 1. The Morgan fingerprint density at radius 3 is 2.50 bits per heavy atom. The van der Waals surface area contributed by atoms with Crippen molar-refractivity contribution in [1.29, 1.82) is 0 Å². The van der Waals surface area contributed by atoms with Gasteiger partial charge in [-0.2, -0.15) is 0 Å². The number of hydrogen-bond donors (Lipinski definition) is 1. The fourth-order valence-electron chi connectivity index (χ4n) is 1.87. The van der Waals surface area contributed by atoms with Crippen LogP contribution in [0.2, 0.25) is 0 Å². The lowest BCUT2D eigenvalue weighted by Gasteiger charge is -2.26. The second kappa shape index (κ2) is 6.14. The molecule has 5 heteroatoms. The molecule has 104 valence electrons. The number of carbonyl (C=O) groups is 1. The Morgan fingerprint density at radius 2 is 1.95 bits per heavy atom. The number of nitrogens with zero attached hydrogens (tertiary/aromatic N) is 3. The van der Waals surface area contributed by atoms with Gasteiger partial charge in [-0.05, 0) is 31.5 Å². The maximum absolute atomic E-state index is 12.5. The summed E-state index contributed by atoms with van der Waals surface area (Å²) in [6.45, 7) is 4.48. The van der Waals surface area contributed by atoms with Crippen molar-refractivity contribution in [1.82, 2.24) is 14.9 Å². The van der Waals surface area contributed by atoms with Gasteiger partial charge in [0.15, 0.2) is 0 Å². The van der Waals surface area contributed by atoms with E-state index in [1.165, 1.54) is 12.4 Å². The molecule has 0 aliphatic heterocycles. The van der Waals surface area contributed by atoms with Crippen molar-refractivity contribution in [2.75, 3.05) is 5.73 Å². The van der Waals surface area contributed by atoms with Gasteiger partial charge < -0.3 is 10.6 Å². The summed E-state index contributed by atoms with van der Waals surface area (Å²) in [6, 6.07) is 7.59. The van der Waals surface area contributed by atoms with Crippen LogP contribution in [0.4, 0.5) is 5.69 Å². The van der Waals surface area contributed by atoms with E-state index in [9.17, 15) is 4.79 Å². The number of nitrogens with two attached hydrogens (primary N) is 1. The van der Waals surface area contributed by atoms with Crippen LogP contribution in [0.3, 0.4) is 0 Å². The molecule has 0 saturated carbocycles. The summed E-state index contributed by atoms with van der Waals surface area (Å²) in [5, 5.41) is 0. The van der Waals surface area contributed by atoms with Crippen LogP contribution in [0.15, 0.2) is 42.9 Å². The average molecular weight is 270 g/mol. The van der Waals surface area contributed by atoms with Crippen LogP contribution in [0.25, 0.3) is 0 Å². The van der Waals surface area contributed by atoms with Crippen molar-refractivity contribution in [2.45, 2.75) is 26.4 Å². The maximum Gasteiger partial charge on any atom is 0.274 e. The smallest absolute Gasteiger partial charge is 0.274 e. The number of carbonyl (C=O) groups excluding carboxylic acids is 1. The Morgan fingerprint density at radius 1 is 1.25 bits per heavy atom. The van der Waals surface area contributed by atoms with Gasteiger partial charge in [-0.25, -0.2) is 4.98 Å². The number of nitrogen functional groups attached to an aromatic ring is 1. The highest BCUT2D eigenvalue weighted by molar-refractivity contribution is 5.92. The second-order valence-electron chi connectivity index (χ2n) is 4.86. The zero-order valence-corrected chi connectivity index (χ0v) is 11.7. The third-order valence-electron chi connectivity index (χ3n) is 3.00. The molecule has 0 saturated heterocycles. The predicted octanol–water partition coefficient (Wildman–Crippen LogP) is 2.11. The molecule has 2 aromatic rings. The second-order valence-corrected chi connectivity index (χ2v) is 4.86. The lowest BCUT2D eigenvalue weighted by molar-refractivity contribution is 0.0684. The molecule has 2 N–H and O–H groups in total. The molecule has 0 aliphatic rings. The first-order valence-corrected chi connectivity index (χ1v) is 6.49. The van der Waals surface area contributed by atoms with Crippen molar-refractivity contribution >= 4 is 11.6 Å². The van der Waals surface area contributed by atoms with Crippen LogP contribution in [0.1, 0.15) is 29.9 Å². The summed E-state index contributed by atoms with van der Waals surface area (Å²) in [7, 11) is 0. The summed E-state index contributed by atoms with van der Waals surface area (Å²) < 4.78 is 0. The van der Waals surface area contributed by atoms with Crippen molar-refractivity contribution < 1.29 is 4.79 Å². The van der Waals surface area contributed by atoms with E-state index in [0.29, 0.717) is 17.9 Å². The first-order valence-electron chi connectivity index (χ1n) is 6.49. The standard InChI is InChI=1S/C15H18N4O/c1-11(2)19(10-12-3-5-13(16)6-4-12)15(20)14-9-17-7-8-18-14/h3-9,11H,10,16H2,1-2H3. The molecule has 1 aromatic heterocycles. The van der Waals surface area contributed by atoms with E-state index in [2.05, 4.69) is 9.97 Å². The topological polar surface area (TPSA) is 72.1 Å². The molecule has 0 unspecified atom stereocenters. The Bertz CT molecular complexity index is 566. The minimum absolute atomic E-state index is 0.0714. The third-order valence-corrected chi connectivity index (χ3v) is 3.00. The average Bonchev–Trinajstić information content (AvgIpc) is 2.46. The van der Waals surface area contributed by atoms with Gasteiger partial charge in [0.1, 0.15) is 5.69 Å².